The van der Waals surface area contributed by atoms with Crippen molar-refractivity contribution >= 4 is 17.3 Å². The second-order valence-corrected chi connectivity index (χ2v) is 4.44. The lowest BCUT2D eigenvalue weighted by Gasteiger charge is -2.26. The van der Waals surface area contributed by atoms with E-state index in [2.05, 4.69) is 6.07 Å². The first-order valence-corrected chi connectivity index (χ1v) is 5.97. The van der Waals surface area contributed by atoms with E-state index in [1.165, 1.54) is 0 Å². The minimum Gasteiger partial charge on any atom is -0.397 e. The highest BCUT2D eigenvalue weighted by molar-refractivity contribution is 6.01. The van der Waals surface area contributed by atoms with Crippen LogP contribution in [-0.4, -0.2) is 18.5 Å². The van der Waals surface area contributed by atoms with Crippen molar-refractivity contribution in [2.75, 3.05) is 17.2 Å². The number of nitrogens with zero attached hydrogens (tertiary/aromatic N) is 2. The Labute approximate surface area is 106 Å². The number of carbonyl (C=O) groups is 1. The minimum atomic E-state index is -0.486. The maximum Gasteiger partial charge on any atom is 0.250 e. The molecule has 0 radical (unpaired) electrons. The van der Waals surface area contributed by atoms with Gasteiger partial charge in [0.2, 0.25) is 0 Å². The average molecular weight is 244 g/mol. The van der Waals surface area contributed by atoms with Crippen molar-refractivity contribution in [2.45, 2.75) is 25.3 Å². The molecule has 1 fully saturated rings. The summed E-state index contributed by atoms with van der Waals surface area (Å²) in [7, 11) is 0. The second kappa shape index (κ2) is 4.96. The Balaban J connectivity index is 2.39. The van der Waals surface area contributed by atoms with E-state index >= 15 is 0 Å². The van der Waals surface area contributed by atoms with Crippen molar-refractivity contribution in [1.29, 1.82) is 5.26 Å². The molecule has 0 aliphatic heterocycles. The fourth-order valence-corrected chi connectivity index (χ4v) is 2.11. The summed E-state index contributed by atoms with van der Waals surface area (Å²) in [6.45, 7) is 0.579. The Morgan fingerprint density at radius 1 is 1.50 bits per heavy atom. The summed E-state index contributed by atoms with van der Waals surface area (Å²) in [5, 5.41) is 8.71. The average Bonchev–Trinajstić information content (AvgIpc) is 3.15. The van der Waals surface area contributed by atoms with E-state index < -0.39 is 5.91 Å². The zero-order valence-corrected chi connectivity index (χ0v) is 10.1. The molecule has 0 spiro atoms. The molecule has 1 aromatic carbocycles. The van der Waals surface area contributed by atoms with Gasteiger partial charge in [0.25, 0.3) is 5.91 Å². The van der Waals surface area contributed by atoms with E-state index in [-0.39, 0.29) is 0 Å². The summed E-state index contributed by atoms with van der Waals surface area (Å²) in [5.74, 6) is -0.486. The number of nitrogens with two attached hydrogens (primary N) is 2. The predicted octanol–water partition coefficient (Wildman–Crippen LogP) is 1.25. The van der Waals surface area contributed by atoms with E-state index in [0.29, 0.717) is 35.9 Å². The normalized spacial score (nSPS) is 13.9. The van der Waals surface area contributed by atoms with E-state index in [0.717, 1.165) is 12.8 Å². The fraction of sp³-hybridized carbons (Fsp3) is 0.385. The highest BCUT2D eigenvalue weighted by Gasteiger charge is 2.31. The summed E-state index contributed by atoms with van der Waals surface area (Å²) in [5.41, 5.74) is 13.0. The molecule has 18 heavy (non-hydrogen) atoms. The Morgan fingerprint density at radius 3 is 2.78 bits per heavy atom. The van der Waals surface area contributed by atoms with Crippen LogP contribution in [0.25, 0.3) is 0 Å². The molecule has 0 unspecified atom stereocenters. The first-order valence-electron chi connectivity index (χ1n) is 5.97. The maximum absolute atomic E-state index is 11.5. The molecule has 0 saturated heterocycles. The largest absolute Gasteiger partial charge is 0.397 e. The maximum atomic E-state index is 11.5. The molecule has 1 aliphatic rings. The van der Waals surface area contributed by atoms with Crippen LogP contribution in [0.1, 0.15) is 29.6 Å². The number of benzene rings is 1. The zero-order chi connectivity index (χ0) is 13.1. The third kappa shape index (κ3) is 2.38. The Bertz CT molecular complexity index is 502. The zero-order valence-electron chi connectivity index (χ0n) is 10.1. The van der Waals surface area contributed by atoms with Gasteiger partial charge in [0.15, 0.2) is 0 Å². The topological polar surface area (TPSA) is 96.1 Å². The van der Waals surface area contributed by atoms with Gasteiger partial charge in [-0.05, 0) is 25.0 Å². The molecule has 4 N–H and O–H groups in total. The van der Waals surface area contributed by atoms with Gasteiger partial charge >= 0.3 is 0 Å². The number of nitriles is 1. The van der Waals surface area contributed by atoms with E-state index in [9.17, 15) is 4.79 Å². The number of rotatable bonds is 5. The molecular formula is C13H16N4O. The fourth-order valence-electron chi connectivity index (χ4n) is 2.11. The number of carbonyl (C=O) groups excluding carboxylic acids is 1. The van der Waals surface area contributed by atoms with Crippen molar-refractivity contribution in [1.82, 2.24) is 0 Å². The first kappa shape index (κ1) is 12.2. The minimum absolute atomic E-state index is 0.376. The predicted molar refractivity (Wildman–Crippen MR) is 70.0 cm³/mol. The number of anilines is 2. The van der Waals surface area contributed by atoms with Gasteiger partial charge in [-0.3, -0.25) is 4.79 Å². The standard InChI is InChI=1S/C13H16N4O/c14-7-2-8-17(9-5-6-9)12-10(13(16)18)3-1-4-11(12)15/h1,3-4,9H,2,5-6,8,15H2,(H2,16,18). The summed E-state index contributed by atoms with van der Waals surface area (Å²) < 4.78 is 0. The second-order valence-electron chi connectivity index (χ2n) is 4.44. The number of hydrogen-bond donors (Lipinski definition) is 2. The van der Waals surface area contributed by atoms with Gasteiger partial charge in [-0.2, -0.15) is 5.26 Å². The van der Waals surface area contributed by atoms with Gasteiger partial charge in [-0.25, -0.2) is 0 Å². The molecule has 0 heterocycles. The lowest BCUT2D eigenvalue weighted by molar-refractivity contribution is 0.100. The Morgan fingerprint density at radius 2 is 2.22 bits per heavy atom. The van der Waals surface area contributed by atoms with Crippen molar-refractivity contribution in [3.8, 4) is 6.07 Å². The van der Waals surface area contributed by atoms with Crippen LogP contribution in [-0.2, 0) is 0 Å². The SMILES string of the molecule is N#CCCN(c1c(N)cccc1C(N)=O)C1CC1. The highest BCUT2D eigenvalue weighted by Crippen LogP contribution is 2.37. The molecule has 5 heteroatoms. The molecule has 1 amide bonds. The molecule has 2 rings (SSSR count). The van der Waals surface area contributed by atoms with E-state index in [1.807, 2.05) is 4.90 Å². The van der Waals surface area contributed by atoms with Crippen LogP contribution in [0, 0.1) is 11.3 Å². The summed E-state index contributed by atoms with van der Waals surface area (Å²) in [4.78, 5) is 13.5. The monoisotopic (exact) mass is 244 g/mol. The van der Waals surface area contributed by atoms with Crippen LogP contribution < -0.4 is 16.4 Å². The van der Waals surface area contributed by atoms with Crippen LogP contribution in [0.15, 0.2) is 18.2 Å². The molecule has 94 valence electrons. The third-order valence-electron chi connectivity index (χ3n) is 3.07. The number of nitrogen functional groups attached to an aromatic ring is 1. The molecule has 5 nitrogen and oxygen atoms in total. The molecule has 1 aromatic rings. The summed E-state index contributed by atoms with van der Waals surface area (Å²) in [6, 6.07) is 7.64. The van der Waals surface area contributed by atoms with Gasteiger partial charge in [0.1, 0.15) is 0 Å². The molecule has 1 saturated carbocycles. The van der Waals surface area contributed by atoms with Gasteiger partial charge in [0.05, 0.1) is 29.4 Å². The molecule has 0 aromatic heterocycles. The first-order chi connectivity index (χ1) is 8.65. The lowest BCUT2D eigenvalue weighted by atomic mass is 10.1. The van der Waals surface area contributed by atoms with Crippen molar-refractivity contribution < 1.29 is 4.79 Å². The molecule has 1 aliphatic carbocycles. The van der Waals surface area contributed by atoms with E-state index in [4.69, 9.17) is 16.7 Å². The van der Waals surface area contributed by atoms with Gasteiger partial charge in [0, 0.05) is 12.6 Å². The lowest BCUT2D eigenvalue weighted by Crippen LogP contribution is -2.30. The summed E-state index contributed by atoms with van der Waals surface area (Å²) in [6.07, 6.45) is 2.54. The van der Waals surface area contributed by atoms with Gasteiger partial charge < -0.3 is 16.4 Å². The molecular weight excluding hydrogens is 228 g/mol. The van der Waals surface area contributed by atoms with Crippen LogP contribution >= 0.6 is 0 Å². The van der Waals surface area contributed by atoms with Gasteiger partial charge in [-0.1, -0.05) is 6.07 Å². The van der Waals surface area contributed by atoms with Gasteiger partial charge in [-0.15, -0.1) is 0 Å². The van der Waals surface area contributed by atoms with Crippen molar-refractivity contribution in [3.05, 3.63) is 23.8 Å². The van der Waals surface area contributed by atoms with E-state index in [1.54, 1.807) is 18.2 Å². The molecule has 0 atom stereocenters. The van der Waals surface area contributed by atoms with Crippen molar-refractivity contribution in [2.24, 2.45) is 5.73 Å². The van der Waals surface area contributed by atoms with Crippen LogP contribution in [0.5, 0.6) is 0 Å². The van der Waals surface area contributed by atoms with Crippen LogP contribution in [0.2, 0.25) is 0 Å². The number of amides is 1. The van der Waals surface area contributed by atoms with Crippen molar-refractivity contribution in [3.63, 3.8) is 0 Å². The van der Waals surface area contributed by atoms with Crippen LogP contribution in [0.4, 0.5) is 11.4 Å². The molecule has 0 bridgehead atoms. The Kier molecular flexibility index (Phi) is 3.38. The quantitative estimate of drug-likeness (QED) is 0.762. The van der Waals surface area contributed by atoms with Crippen LogP contribution in [0.3, 0.4) is 0 Å². The number of hydrogen-bond acceptors (Lipinski definition) is 4. The highest BCUT2D eigenvalue weighted by atomic mass is 16.1. The summed E-state index contributed by atoms with van der Waals surface area (Å²) >= 11 is 0. The third-order valence-corrected chi connectivity index (χ3v) is 3.07. The number of para-hydroxylation sites is 1. The Hall–Kier alpha value is -2.22. The number of primary amides is 1. The smallest absolute Gasteiger partial charge is 0.250 e.